The summed E-state index contributed by atoms with van der Waals surface area (Å²) in [5.41, 5.74) is 1.13. The van der Waals surface area contributed by atoms with E-state index in [0.717, 1.165) is 10.7 Å². The van der Waals surface area contributed by atoms with Crippen LogP contribution in [0.15, 0.2) is 35.3 Å². The fourth-order valence-corrected chi connectivity index (χ4v) is 2.09. The Morgan fingerprint density at radius 2 is 2.13 bits per heavy atom. The predicted octanol–water partition coefficient (Wildman–Crippen LogP) is 1.75. The molecule has 1 aromatic rings. The molecule has 0 bridgehead atoms. The summed E-state index contributed by atoms with van der Waals surface area (Å²) in [4.78, 5) is 17.5. The molecule has 0 atom stereocenters. The van der Waals surface area contributed by atoms with Gasteiger partial charge in [-0.1, -0.05) is 42.1 Å². The molecule has 0 fully saturated rings. The molecule has 0 saturated heterocycles. The van der Waals surface area contributed by atoms with Gasteiger partial charge in [-0.25, -0.2) is 0 Å². The maximum Gasteiger partial charge on any atom is 0.250 e. The van der Waals surface area contributed by atoms with Gasteiger partial charge in [-0.05, 0) is 11.8 Å². The first-order valence-corrected chi connectivity index (χ1v) is 5.96. The summed E-state index contributed by atoms with van der Waals surface area (Å²) in [7, 11) is 0. The summed E-state index contributed by atoms with van der Waals surface area (Å²) in [6, 6.07) is 9.96. The molecule has 3 nitrogen and oxygen atoms in total. The highest BCUT2D eigenvalue weighted by molar-refractivity contribution is 8.13. The molecule has 0 spiro atoms. The molecule has 0 saturated carbocycles. The molecule has 4 heteroatoms. The standard InChI is InChI=1S/C11H12N2OS/c1-15-11-12-7-10(14)13(11)8-9-5-3-2-4-6-9/h2-6H,7-8H2,1H3/i11+1. The van der Waals surface area contributed by atoms with Gasteiger partial charge in [-0.2, -0.15) is 0 Å². The molecule has 2 rings (SSSR count). The van der Waals surface area contributed by atoms with Crippen LogP contribution in [0.1, 0.15) is 5.56 Å². The van der Waals surface area contributed by atoms with Gasteiger partial charge in [0.1, 0.15) is 6.54 Å². The third kappa shape index (κ3) is 2.21. The van der Waals surface area contributed by atoms with Crippen molar-refractivity contribution in [2.75, 3.05) is 12.8 Å². The first-order valence-electron chi connectivity index (χ1n) is 4.74. The Kier molecular flexibility index (Phi) is 3.06. The highest BCUT2D eigenvalue weighted by Crippen LogP contribution is 2.15. The molecule has 1 amide bonds. The minimum Gasteiger partial charge on any atom is -0.285 e. The quantitative estimate of drug-likeness (QED) is 0.713. The summed E-state index contributed by atoms with van der Waals surface area (Å²) in [5, 5.41) is 0.823. The Hall–Kier alpha value is -1.29. The Bertz CT molecular complexity index is 389. The molecular weight excluding hydrogens is 209 g/mol. The molecule has 1 aliphatic heterocycles. The lowest BCUT2D eigenvalue weighted by molar-refractivity contribution is -0.125. The van der Waals surface area contributed by atoms with E-state index in [1.807, 2.05) is 36.6 Å². The van der Waals surface area contributed by atoms with E-state index in [1.54, 1.807) is 4.90 Å². The zero-order chi connectivity index (χ0) is 10.7. The van der Waals surface area contributed by atoms with Gasteiger partial charge in [0.15, 0.2) is 5.17 Å². The monoisotopic (exact) mass is 221 g/mol. The maximum absolute atomic E-state index is 11.5. The van der Waals surface area contributed by atoms with Gasteiger partial charge in [-0.15, -0.1) is 0 Å². The van der Waals surface area contributed by atoms with Crippen LogP contribution in [-0.2, 0) is 11.3 Å². The topological polar surface area (TPSA) is 32.7 Å². The normalized spacial score (nSPS) is 15.7. The molecule has 1 aromatic carbocycles. The van der Waals surface area contributed by atoms with E-state index in [2.05, 4.69) is 4.99 Å². The van der Waals surface area contributed by atoms with Gasteiger partial charge in [0.25, 0.3) is 5.91 Å². The van der Waals surface area contributed by atoms with Gasteiger partial charge in [0, 0.05) is 0 Å². The molecule has 0 radical (unpaired) electrons. The Labute approximate surface area is 93.2 Å². The van der Waals surface area contributed by atoms with Crippen molar-refractivity contribution in [3.63, 3.8) is 0 Å². The van der Waals surface area contributed by atoms with Crippen molar-refractivity contribution in [3.05, 3.63) is 35.9 Å². The van der Waals surface area contributed by atoms with E-state index in [0.29, 0.717) is 13.1 Å². The fraction of sp³-hybridized carbons (Fsp3) is 0.273. The molecule has 1 aliphatic rings. The van der Waals surface area contributed by atoms with Crippen molar-refractivity contribution in [1.82, 2.24) is 4.90 Å². The number of amidine groups is 1. The van der Waals surface area contributed by atoms with E-state index in [9.17, 15) is 4.79 Å². The highest BCUT2D eigenvalue weighted by atomic mass is 32.2. The maximum atomic E-state index is 11.5. The van der Waals surface area contributed by atoms with Gasteiger partial charge in [-0.3, -0.25) is 14.7 Å². The molecule has 1 heterocycles. The van der Waals surface area contributed by atoms with Gasteiger partial charge >= 0.3 is 0 Å². The number of amides is 1. The zero-order valence-corrected chi connectivity index (χ0v) is 9.33. The second-order valence-corrected chi connectivity index (χ2v) is 4.04. The number of rotatable bonds is 2. The lowest BCUT2D eigenvalue weighted by Crippen LogP contribution is -2.30. The third-order valence-electron chi connectivity index (χ3n) is 2.25. The molecule has 0 unspecified atom stereocenters. The van der Waals surface area contributed by atoms with Crippen LogP contribution in [0.2, 0.25) is 0 Å². The number of hydrogen-bond acceptors (Lipinski definition) is 3. The Morgan fingerprint density at radius 1 is 1.40 bits per heavy atom. The predicted molar refractivity (Wildman–Crippen MR) is 62.8 cm³/mol. The van der Waals surface area contributed by atoms with Gasteiger partial charge in [0.2, 0.25) is 0 Å². The van der Waals surface area contributed by atoms with Crippen molar-refractivity contribution in [1.29, 1.82) is 0 Å². The third-order valence-corrected chi connectivity index (χ3v) is 2.96. The van der Waals surface area contributed by atoms with E-state index < -0.39 is 0 Å². The second kappa shape index (κ2) is 4.49. The number of carbonyl (C=O) groups is 1. The van der Waals surface area contributed by atoms with Crippen LogP contribution in [0.25, 0.3) is 0 Å². The van der Waals surface area contributed by atoms with Crippen molar-refractivity contribution >= 4 is 22.8 Å². The number of hydrogen-bond donors (Lipinski definition) is 0. The van der Waals surface area contributed by atoms with Crippen LogP contribution >= 0.6 is 11.8 Å². The number of aliphatic imine (C=N–C) groups is 1. The first-order chi connectivity index (χ1) is 7.31. The average Bonchev–Trinajstić information content (AvgIpc) is 2.62. The molecule has 78 valence electrons. The minimum absolute atomic E-state index is 0.0863. The van der Waals surface area contributed by atoms with E-state index in [1.165, 1.54) is 11.8 Å². The van der Waals surface area contributed by atoms with Gasteiger partial charge in [0.05, 0.1) is 6.54 Å². The van der Waals surface area contributed by atoms with Crippen molar-refractivity contribution in [3.8, 4) is 0 Å². The first kappa shape index (κ1) is 10.2. The van der Waals surface area contributed by atoms with Gasteiger partial charge < -0.3 is 0 Å². The Morgan fingerprint density at radius 3 is 2.80 bits per heavy atom. The molecular formula is C11H12N2OS. The lowest BCUT2D eigenvalue weighted by Gasteiger charge is -2.16. The number of thioether (sulfide) groups is 1. The molecule has 0 aliphatic carbocycles. The zero-order valence-electron chi connectivity index (χ0n) is 8.51. The number of nitrogens with zero attached hydrogens (tertiary/aromatic N) is 2. The van der Waals surface area contributed by atoms with Crippen molar-refractivity contribution < 1.29 is 4.79 Å². The molecule has 0 N–H and O–H groups in total. The van der Waals surface area contributed by atoms with Crippen LogP contribution in [-0.4, -0.2) is 28.8 Å². The molecule has 0 aromatic heterocycles. The summed E-state index contributed by atoms with van der Waals surface area (Å²) in [5.74, 6) is 0.0863. The van der Waals surface area contributed by atoms with Crippen LogP contribution in [0, 0.1) is 0 Å². The summed E-state index contributed by atoms with van der Waals surface area (Å²) < 4.78 is 0. The number of carbonyl (C=O) groups excluding carboxylic acids is 1. The number of benzene rings is 1. The van der Waals surface area contributed by atoms with Crippen molar-refractivity contribution in [2.45, 2.75) is 6.54 Å². The summed E-state index contributed by atoms with van der Waals surface area (Å²) in [6.45, 7) is 0.919. The van der Waals surface area contributed by atoms with Crippen LogP contribution in [0.5, 0.6) is 0 Å². The Balaban J connectivity index is 2.12. The smallest absolute Gasteiger partial charge is 0.250 e. The highest BCUT2D eigenvalue weighted by Gasteiger charge is 2.24. The van der Waals surface area contributed by atoms with E-state index in [-0.39, 0.29) is 5.91 Å². The average molecular weight is 221 g/mol. The minimum atomic E-state index is 0.0863. The second-order valence-electron chi connectivity index (χ2n) is 3.27. The van der Waals surface area contributed by atoms with Crippen LogP contribution in [0.4, 0.5) is 0 Å². The summed E-state index contributed by atoms with van der Waals surface area (Å²) in [6.07, 6.45) is 1.94. The summed E-state index contributed by atoms with van der Waals surface area (Å²) >= 11 is 1.52. The fourth-order valence-electron chi connectivity index (χ4n) is 1.51. The van der Waals surface area contributed by atoms with E-state index >= 15 is 0 Å². The van der Waals surface area contributed by atoms with Crippen molar-refractivity contribution in [2.24, 2.45) is 4.99 Å². The van der Waals surface area contributed by atoms with E-state index in [4.69, 9.17) is 0 Å². The van der Waals surface area contributed by atoms with Crippen LogP contribution < -0.4 is 0 Å². The SMILES string of the molecule is CS[13C]1=NCC(=O)N1Cc1ccccc1. The van der Waals surface area contributed by atoms with Crippen LogP contribution in [0.3, 0.4) is 0 Å². The lowest BCUT2D eigenvalue weighted by atomic mass is 10.2. The molecule has 15 heavy (non-hydrogen) atoms. The largest absolute Gasteiger partial charge is 0.285 e.